The van der Waals surface area contributed by atoms with Crippen molar-refractivity contribution in [3.8, 4) is 11.5 Å². The Balaban J connectivity index is 2.02. The molecule has 0 radical (unpaired) electrons. The molecule has 112 valence electrons. The van der Waals surface area contributed by atoms with E-state index in [9.17, 15) is 0 Å². The minimum absolute atomic E-state index is 0.151. The van der Waals surface area contributed by atoms with Crippen LogP contribution in [0.5, 0.6) is 11.5 Å². The number of nitrogens with zero attached hydrogens (tertiary/aromatic N) is 1. The van der Waals surface area contributed by atoms with E-state index in [1.54, 1.807) is 7.11 Å². The molecule has 2 rings (SSSR count). The number of hydrogen-bond donors (Lipinski definition) is 1. The Morgan fingerprint density at radius 1 is 1.25 bits per heavy atom. The summed E-state index contributed by atoms with van der Waals surface area (Å²) >= 11 is 0. The van der Waals surface area contributed by atoms with Gasteiger partial charge in [0, 0.05) is 12.6 Å². The predicted octanol–water partition coefficient (Wildman–Crippen LogP) is 2.41. The Morgan fingerprint density at radius 3 is 2.55 bits per heavy atom. The molecule has 0 atom stereocenters. The fourth-order valence-electron chi connectivity index (χ4n) is 2.53. The Morgan fingerprint density at radius 2 is 1.95 bits per heavy atom. The van der Waals surface area contributed by atoms with Gasteiger partial charge >= 0.3 is 0 Å². The van der Waals surface area contributed by atoms with Gasteiger partial charge in [-0.05, 0) is 57.5 Å². The van der Waals surface area contributed by atoms with Gasteiger partial charge in [0.05, 0.1) is 13.2 Å². The summed E-state index contributed by atoms with van der Waals surface area (Å²) in [5, 5.41) is 0. The smallest absolute Gasteiger partial charge is 0.161 e. The van der Waals surface area contributed by atoms with E-state index >= 15 is 0 Å². The Bertz CT molecular complexity index is 426. The van der Waals surface area contributed by atoms with E-state index in [0.717, 1.165) is 44.0 Å². The van der Waals surface area contributed by atoms with Gasteiger partial charge in [0.15, 0.2) is 11.5 Å². The van der Waals surface area contributed by atoms with Crippen LogP contribution in [0, 0.1) is 0 Å². The van der Waals surface area contributed by atoms with Crippen LogP contribution in [0.25, 0.3) is 0 Å². The maximum absolute atomic E-state index is 5.94. The first kappa shape index (κ1) is 15.1. The van der Waals surface area contributed by atoms with Gasteiger partial charge < -0.3 is 15.2 Å². The predicted molar refractivity (Wildman–Crippen MR) is 81.2 cm³/mol. The van der Waals surface area contributed by atoms with Crippen molar-refractivity contribution in [2.75, 3.05) is 20.2 Å². The molecule has 1 fully saturated rings. The Kier molecular flexibility index (Phi) is 5.26. The molecule has 1 heterocycles. The van der Waals surface area contributed by atoms with Crippen LogP contribution in [0.1, 0.15) is 32.3 Å². The maximum atomic E-state index is 5.94. The normalized spacial score (nSPS) is 17.4. The van der Waals surface area contributed by atoms with Crippen molar-refractivity contribution >= 4 is 0 Å². The van der Waals surface area contributed by atoms with Gasteiger partial charge in [-0.15, -0.1) is 0 Å². The molecule has 1 aliphatic rings. The topological polar surface area (TPSA) is 47.7 Å². The van der Waals surface area contributed by atoms with Gasteiger partial charge in [-0.1, -0.05) is 6.07 Å². The molecule has 0 spiro atoms. The second-order valence-corrected chi connectivity index (χ2v) is 5.77. The number of benzene rings is 1. The highest BCUT2D eigenvalue weighted by Gasteiger charge is 2.16. The third-order valence-electron chi connectivity index (χ3n) is 3.63. The molecule has 0 bridgehead atoms. The number of ether oxygens (including phenoxy) is 2. The van der Waals surface area contributed by atoms with E-state index < -0.39 is 0 Å². The van der Waals surface area contributed by atoms with Gasteiger partial charge in [-0.2, -0.15) is 0 Å². The lowest BCUT2D eigenvalue weighted by Crippen LogP contribution is -2.39. The molecule has 0 aromatic heterocycles. The zero-order chi connectivity index (χ0) is 14.5. The highest BCUT2D eigenvalue weighted by atomic mass is 16.5. The maximum Gasteiger partial charge on any atom is 0.161 e. The van der Waals surface area contributed by atoms with Crippen molar-refractivity contribution in [1.29, 1.82) is 0 Å². The number of hydrogen-bond acceptors (Lipinski definition) is 4. The van der Waals surface area contributed by atoms with Gasteiger partial charge in [0.25, 0.3) is 0 Å². The van der Waals surface area contributed by atoms with Crippen molar-refractivity contribution in [2.24, 2.45) is 5.73 Å². The highest BCUT2D eigenvalue weighted by molar-refractivity contribution is 5.43. The van der Waals surface area contributed by atoms with Crippen molar-refractivity contribution < 1.29 is 9.47 Å². The van der Waals surface area contributed by atoms with Crippen molar-refractivity contribution in [3.05, 3.63) is 23.8 Å². The second-order valence-electron chi connectivity index (χ2n) is 5.77. The van der Waals surface area contributed by atoms with Gasteiger partial charge in [-0.25, -0.2) is 0 Å². The van der Waals surface area contributed by atoms with E-state index in [1.807, 2.05) is 19.9 Å². The van der Waals surface area contributed by atoms with E-state index in [2.05, 4.69) is 17.0 Å². The zero-order valence-electron chi connectivity index (χ0n) is 12.8. The first-order valence-electron chi connectivity index (χ1n) is 7.40. The van der Waals surface area contributed by atoms with Crippen LogP contribution in [0.3, 0.4) is 0 Å². The fourth-order valence-corrected chi connectivity index (χ4v) is 2.53. The van der Waals surface area contributed by atoms with Crippen molar-refractivity contribution in [2.45, 2.75) is 45.4 Å². The number of rotatable bonds is 5. The number of methoxy groups -OCH3 is 1. The average molecular weight is 278 g/mol. The summed E-state index contributed by atoms with van der Waals surface area (Å²) in [7, 11) is 1.69. The summed E-state index contributed by atoms with van der Waals surface area (Å²) in [6.45, 7) is 7.14. The van der Waals surface area contributed by atoms with Gasteiger partial charge in [-0.3, -0.25) is 4.90 Å². The van der Waals surface area contributed by atoms with Gasteiger partial charge in [0.2, 0.25) is 0 Å². The van der Waals surface area contributed by atoms with Crippen LogP contribution in [0.2, 0.25) is 0 Å². The van der Waals surface area contributed by atoms with Crippen molar-refractivity contribution in [3.63, 3.8) is 0 Å². The molecule has 1 aromatic carbocycles. The Hall–Kier alpha value is -1.26. The van der Waals surface area contributed by atoms with Gasteiger partial charge in [0.1, 0.15) is 0 Å². The lowest BCUT2D eigenvalue weighted by atomic mass is 10.1. The largest absolute Gasteiger partial charge is 0.493 e. The molecule has 4 nitrogen and oxygen atoms in total. The number of nitrogens with two attached hydrogens (primary N) is 1. The lowest BCUT2D eigenvalue weighted by Gasteiger charge is -2.30. The summed E-state index contributed by atoms with van der Waals surface area (Å²) < 4.78 is 11.2. The molecule has 0 saturated carbocycles. The fraction of sp³-hybridized carbons (Fsp3) is 0.625. The monoisotopic (exact) mass is 278 g/mol. The average Bonchev–Trinajstić information content (AvgIpc) is 2.42. The standard InChI is InChI=1S/C16H26N2O2/c1-12(2)20-15-5-4-13(10-16(15)19-3)11-18-8-6-14(17)7-9-18/h4-5,10,12,14H,6-9,11,17H2,1-3H3. The summed E-state index contributed by atoms with van der Waals surface area (Å²) in [5.74, 6) is 1.62. The second kappa shape index (κ2) is 6.95. The van der Waals surface area contributed by atoms with Crippen LogP contribution in [0.4, 0.5) is 0 Å². The summed E-state index contributed by atoms with van der Waals surface area (Å²) in [5.41, 5.74) is 7.20. The molecule has 20 heavy (non-hydrogen) atoms. The molecule has 0 unspecified atom stereocenters. The molecule has 0 aliphatic carbocycles. The molecule has 1 aliphatic heterocycles. The molecular formula is C16H26N2O2. The minimum atomic E-state index is 0.151. The van der Waals surface area contributed by atoms with Crippen LogP contribution >= 0.6 is 0 Å². The van der Waals surface area contributed by atoms with Crippen LogP contribution < -0.4 is 15.2 Å². The quantitative estimate of drug-likeness (QED) is 0.898. The Labute approximate surface area is 121 Å². The number of likely N-dealkylation sites (tertiary alicyclic amines) is 1. The molecule has 0 amide bonds. The molecule has 1 aromatic rings. The minimum Gasteiger partial charge on any atom is -0.493 e. The molecule has 1 saturated heterocycles. The van der Waals surface area contributed by atoms with E-state index in [0.29, 0.717) is 6.04 Å². The third kappa shape index (κ3) is 4.12. The number of piperidine rings is 1. The lowest BCUT2D eigenvalue weighted by molar-refractivity contribution is 0.204. The highest BCUT2D eigenvalue weighted by Crippen LogP contribution is 2.29. The molecular weight excluding hydrogens is 252 g/mol. The summed E-state index contributed by atoms with van der Waals surface area (Å²) in [6, 6.07) is 6.58. The third-order valence-corrected chi connectivity index (χ3v) is 3.63. The molecule has 2 N–H and O–H groups in total. The summed E-state index contributed by atoms with van der Waals surface area (Å²) in [6.07, 6.45) is 2.33. The first-order chi connectivity index (χ1) is 9.58. The SMILES string of the molecule is COc1cc(CN2CCC(N)CC2)ccc1OC(C)C. The van der Waals surface area contributed by atoms with E-state index in [1.165, 1.54) is 5.56 Å². The summed E-state index contributed by atoms with van der Waals surface area (Å²) in [4.78, 5) is 2.45. The molecule has 4 heteroatoms. The van der Waals surface area contributed by atoms with Crippen molar-refractivity contribution in [1.82, 2.24) is 4.90 Å². The first-order valence-corrected chi connectivity index (χ1v) is 7.40. The van der Waals surface area contributed by atoms with E-state index in [4.69, 9.17) is 15.2 Å². The van der Waals surface area contributed by atoms with E-state index in [-0.39, 0.29) is 6.10 Å². The van der Waals surface area contributed by atoms with Crippen LogP contribution in [-0.2, 0) is 6.54 Å². The van der Waals surface area contributed by atoms with Crippen LogP contribution in [-0.4, -0.2) is 37.2 Å². The zero-order valence-corrected chi connectivity index (χ0v) is 12.8. The van der Waals surface area contributed by atoms with Crippen LogP contribution in [0.15, 0.2) is 18.2 Å².